The van der Waals surface area contributed by atoms with Gasteiger partial charge in [-0.25, -0.2) is 4.98 Å². The second-order valence-corrected chi connectivity index (χ2v) is 7.54. The lowest BCUT2D eigenvalue weighted by Gasteiger charge is -2.37. The first-order valence-corrected chi connectivity index (χ1v) is 9.45. The number of aryl methyl sites for hydroxylation is 1. The molecule has 1 aliphatic heterocycles. The molecule has 2 aromatic rings. The maximum atomic E-state index is 4.52. The molecule has 0 radical (unpaired) electrons. The second kappa shape index (κ2) is 6.98. The van der Waals surface area contributed by atoms with E-state index in [0.29, 0.717) is 6.04 Å². The molecule has 4 rings (SSSR count). The highest BCUT2D eigenvalue weighted by molar-refractivity contribution is 5.44. The van der Waals surface area contributed by atoms with Gasteiger partial charge in [-0.3, -0.25) is 0 Å². The van der Waals surface area contributed by atoms with E-state index in [9.17, 15) is 0 Å². The van der Waals surface area contributed by atoms with Crippen molar-refractivity contribution < 1.29 is 0 Å². The second-order valence-electron chi connectivity index (χ2n) is 7.54. The number of rotatable bonds is 3. The zero-order valence-electron chi connectivity index (χ0n) is 15.2. The van der Waals surface area contributed by atoms with Gasteiger partial charge in [0.1, 0.15) is 5.82 Å². The first-order valence-electron chi connectivity index (χ1n) is 9.45. The van der Waals surface area contributed by atoms with Gasteiger partial charge >= 0.3 is 0 Å². The third-order valence-electron chi connectivity index (χ3n) is 5.74. The van der Waals surface area contributed by atoms with Crippen LogP contribution in [0, 0.1) is 5.92 Å². The summed E-state index contributed by atoms with van der Waals surface area (Å²) in [5, 5.41) is 9.04. The molecule has 5 nitrogen and oxygen atoms in total. The molecule has 0 spiro atoms. The van der Waals surface area contributed by atoms with E-state index in [1.165, 1.54) is 17.7 Å². The molecule has 1 atom stereocenters. The van der Waals surface area contributed by atoms with Gasteiger partial charge in [-0.15, -0.1) is 5.10 Å². The van der Waals surface area contributed by atoms with E-state index in [0.717, 1.165) is 56.3 Å². The minimum atomic E-state index is 0.539. The van der Waals surface area contributed by atoms with E-state index < -0.39 is 0 Å². The molecule has 0 saturated carbocycles. The third kappa shape index (κ3) is 3.46. The van der Waals surface area contributed by atoms with Gasteiger partial charge < -0.3 is 9.80 Å². The number of hydrogen-bond acceptors (Lipinski definition) is 5. The molecule has 1 fully saturated rings. The van der Waals surface area contributed by atoms with Crippen molar-refractivity contribution in [2.75, 3.05) is 29.9 Å². The predicted molar refractivity (Wildman–Crippen MR) is 101 cm³/mol. The normalized spacial score (nSPS) is 21.0. The van der Waals surface area contributed by atoms with E-state index in [2.05, 4.69) is 57.2 Å². The number of fused-ring (bicyclic) bond motifs is 1. The monoisotopic (exact) mass is 337 g/mol. The minimum Gasteiger partial charge on any atom is -0.357 e. The summed E-state index contributed by atoms with van der Waals surface area (Å²) in [5.41, 5.74) is 2.63. The Hall–Kier alpha value is -2.17. The van der Waals surface area contributed by atoms with E-state index in [1.807, 2.05) is 12.3 Å². The van der Waals surface area contributed by atoms with Crippen molar-refractivity contribution in [2.45, 2.75) is 45.1 Å². The highest BCUT2D eigenvalue weighted by Crippen LogP contribution is 2.28. The summed E-state index contributed by atoms with van der Waals surface area (Å²) >= 11 is 0. The van der Waals surface area contributed by atoms with E-state index in [4.69, 9.17) is 0 Å². The summed E-state index contributed by atoms with van der Waals surface area (Å²) in [6.07, 6.45) is 7.60. The zero-order chi connectivity index (χ0) is 17.2. The first-order chi connectivity index (χ1) is 12.2. The zero-order valence-corrected chi connectivity index (χ0v) is 15.2. The van der Waals surface area contributed by atoms with Gasteiger partial charge in [-0.1, -0.05) is 13.0 Å². The molecule has 2 aliphatic rings. The number of piperidine rings is 1. The number of anilines is 2. The molecule has 132 valence electrons. The topological polar surface area (TPSA) is 45.2 Å². The van der Waals surface area contributed by atoms with Crippen LogP contribution in [-0.2, 0) is 12.8 Å². The number of nitrogens with zero attached hydrogens (tertiary/aromatic N) is 5. The van der Waals surface area contributed by atoms with Crippen molar-refractivity contribution in [1.82, 2.24) is 15.2 Å². The molecule has 0 aromatic carbocycles. The Labute approximate surface area is 150 Å². The average Bonchev–Trinajstić information content (AvgIpc) is 2.67. The maximum Gasteiger partial charge on any atom is 0.151 e. The highest BCUT2D eigenvalue weighted by Gasteiger charge is 2.25. The lowest BCUT2D eigenvalue weighted by Crippen LogP contribution is -2.44. The predicted octanol–water partition coefficient (Wildman–Crippen LogP) is 3.10. The van der Waals surface area contributed by atoms with E-state index in [-0.39, 0.29) is 0 Å². The number of aromatic nitrogens is 3. The Kier molecular flexibility index (Phi) is 4.55. The lowest BCUT2D eigenvalue weighted by atomic mass is 9.88. The largest absolute Gasteiger partial charge is 0.357 e. The quantitative estimate of drug-likeness (QED) is 0.861. The van der Waals surface area contributed by atoms with Gasteiger partial charge in [-0.2, -0.15) is 5.10 Å². The van der Waals surface area contributed by atoms with E-state index >= 15 is 0 Å². The van der Waals surface area contributed by atoms with Gasteiger partial charge in [0.15, 0.2) is 5.82 Å². The molecule has 25 heavy (non-hydrogen) atoms. The third-order valence-corrected chi connectivity index (χ3v) is 5.74. The first kappa shape index (κ1) is 16.3. The Bertz CT molecular complexity index is 709. The van der Waals surface area contributed by atoms with Crippen molar-refractivity contribution >= 4 is 11.6 Å². The molecule has 3 heterocycles. The van der Waals surface area contributed by atoms with Gasteiger partial charge in [0.25, 0.3) is 0 Å². The molecular formula is C20H27N5. The van der Waals surface area contributed by atoms with Crippen molar-refractivity contribution in [3.8, 4) is 0 Å². The van der Waals surface area contributed by atoms with Crippen LogP contribution in [-0.4, -0.2) is 41.4 Å². The van der Waals surface area contributed by atoms with Crippen molar-refractivity contribution in [1.29, 1.82) is 0 Å². The number of pyridine rings is 1. The van der Waals surface area contributed by atoms with Crippen LogP contribution in [0.5, 0.6) is 0 Å². The molecule has 5 heteroatoms. The van der Waals surface area contributed by atoms with Gasteiger partial charge in [0, 0.05) is 32.4 Å². The lowest BCUT2D eigenvalue weighted by molar-refractivity contribution is 0.472. The molecule has 1 aliphatic carbocycles. The van der Waals surface area contributed by atoms with Gasteiger partial charge in [0.05, 0.1) is 5.69 Å². The average molecular weight is 337 g/mol. The molecule has 2 aromatic heterocycles. The fraction of sp³-hybridized carbons (Fsp3) is 0.550. The summed E-state index contributed by atoms with van der Waals surface area (Å²) in [7, 11) is 2.16. The summed E-state index contributed by atoms with van der Waals surface area (Å²) in [6.45, 7) is 4.40. The van der Waals surface area contributed by atoms with Crippen LogP contribution in [0.25, 0.3) is 0 Å². The maximum absolute atomic E-state index is 4.52. The summed E-state index contributed by atoms with van der Waals surface area (Å²) < 4.78 is 0. The summed E-state index contributed by atoms with van der Waals surface area (Å²) in [5.74, 6) is 2.89. The van der Waals surface area contributed by atoms with Crippen LogP contribution < -0.4 is 9.80 Å². The number of hydrogen-bond donors (Lipinski definition) is 0. The van der Waals surface area contributed by atoms with Crippen LogP contribution in [0.3, 0.4) is 0 Å². The van der Waals surface area contributed by atoms with Crippen LogP contribution in [0.4, 0.5) is 11.6 Å². The molecule has 0 bridgehead atoms. The fourth-order valence-electron chi connectivity index (χ4n) is 4.08. The minimum absolute atomic E-state index is 0.539. The van der Waals surface area contributed by atoms with Gasteiger partial charge in [0.2, 0.25) is 0 Å². The fourth-order valence-corrected chi connectivity index (χ4v) is 4.08. The van der Waals surface area contributed by atoms with Crippen LogP contribution in [0.15, 0.2) is 30.5 Å². The van der Waals surface area contributed by atoms with Crippen LogP contribution >= 0.6 is 0 Å². The smallest absolute Gasteiger partial charge is 0.151 e. The van der Waals surface area contributed by atoms with Crippen molar-refractivity contribution in [2.24, 2.45) is 5.92 Å². The molecule has 1 saturated heterocycles. The van der Waals surface area contributed by atoms with Gasteiger partial charge in [-0.05, 0) is 61.8 Å². The Balaban J connectivity index is 1.41. The van der Waals surface area contributed by atoms with E-state index in [1.54, 1.807) is 0 Å². The SMILES string of the molecule is CC1CCc2nnc(N3CCC(N(C)c4ccccn4)CC3)cc2C1. The Morgan fingerprint density at radius 3 is 2.72 bits per heavy atom. The summed E-state index contributed by atoms with van der Waals surface area (Å²) in [6, 6.07) is 8.94. The van der Waals surface area contributed by atoms with Crippen molar-refractivity contribution in [3.63, 3.8) is 0 Å². The standard InChI is InChI=1S/C20H27N5/c1-15-6-7-18-16(13-15)14-20(23-22-18)25-11-8-17(9-12-25)24(2)19-5-3-4-10-21-19/h3-5,10,14-15,17H,6-9,11-13H2,1-2H3. The molecular weight excluding hydrogens is 310 g/mol. The summed E-state index contributed by atoms with van der Waals surface area (Å²) in [4.78, 5) is 9.19. The highest BCUT2D eigenvalue weighted by atomic mass is 15.3. The molecule has 0 N–H and O–H groups in total. The Morgan fingerprint density at radius 2 is 1.96 bits per heavy atom. The Morgan fingerprint density at radius 1 is 1.12 bits per heavy atom. The van der Waals surface area contributed by atoms with Crippen LogP contribution in [0.2, 0.25) is 0 Å². The molecule has 1 unspecified atom stereocenters. The molecule has 0 amide bonds. The van der Waals surface area contributed by atoms with Crippen molar-refractivity contribution in [3.05, 3.63) is 41.7 Å². The van der Waals surface area contributed by atoms with Crippen LogP contribution in [0.1, 0.15) is 37.4 Å².